The van der Waals surface area contributed by atoms with Gasteiger partial charge in [0.2, 0.25) is 5.82 Å². The molecule has 5 rings (SSSR count). The van der Waals surface area contributed by atoms with Gasteiger partial charge in [-0.2, -0.15) is 5.26 Å². The average molecular weight is 496 g/mol. The van der Waals surface area contributed by atoms with Gasteiger partial charge in [-0.15, -0.1) is 10.2 Å². The van der Waals surface area contributed by atoms with E-state index >= 15 is 0 Å². The molecular formula is C23H22F2N8O3. The summed E-state index contributed by atoms with van der Waals surface area (Å²) in [5.41, 5.74) is 1.11. The Hall–Kier alpha value is -4.18. The van der Waals surface area contributed by atoms with E-state index in [2.05, 4.69) is 30.5 Å². The number of nitrogens with zero attached hydrogens (tertiary/aromatic N) is 6. The lowest BCUT2D eigenvalue weighted by Crippen LogP contribution is -2.55. The number of aromatic amines is 1. The highest BCUT2D eigenvalue weighted by Crippen LogP contribution is 2.35. The number of H-pyrrole nitrogens is 1. The van der Waals surface area contributed by atoms with Gasteiger partial charge in [0, 0.05) is 30.5 Å². The smallest absolute Gasteiger partial charge is 0.301 e. The second-order valence-corrected chi connectivity index (χ2v) is 8.76. The minimum atomic E-state index is -3.35. The number of ether oxygens (including phenoxy) is 1. The summed E-state index contributed by atoms with van der Waals surface area (Å²) in [7, 11) is 0. The number of rotatable bonds is 7. The first-order valence-electron chi connectivity index (χ1n) is 11.3. The van der Waals surface area contributed by atoms with Gasteiger partial charge in [0.1, 0.15) is 36.5 Å². The van der Waals surface area contributed by atoms with Crippen molar-refractivity contribution in [2.75, 3.05) is 18.4 Å². The maximum atomic E-state index is 14.9. The van der Waals surface area contributed by atoms with Crippen LogP contribution >= 0.6 is 0 Å². The Bertz CT molecular complexity index is 1290. The van der Waals surface area contributed by atoms with Crippen LogP contribution in [-0.2, 0) is 0 Å². The Morgan fingerprint density at radius 1 is 1.31 bits per heavy atom. The summed E-state index contributed by atoms with van der Waals surface area (Å²) < 4.78 is 35.4. The number of piperidine rings is 1. The van der Waals surface area contributed by atoms with Crippen LogP contribution in [0.25, 0.3) is 11.3 Å². The molecule has 1 aromatic carbocycles. The van der Waals surface area contributed by atoms with Crippen molar-refractivity contribution in [2.24, 2.45) is 5.92 Å². The Labute approximate surface area is 204 Å². The van der Waals surface area contributed by atoms with Crippen LogP contribution < -0.4 is 10.1 Å². The Kier molecular flexibility index (Phi) is 6.19. The van der Waals surface area contributed by atoms with Crippen molar-refractivity contribution in [3.63, 3.8) is 0 Å². The van der Waals surface area contributed by atoms with Gasteiger partial charge in [-0.3, -0.25) is 4.79 Å². The number of anilines is 1. The zero-order chi connectivity index (χ0) is 25.3. The van der Waals surface area contributed by atoms with E-state index in [4.69, 9.17) is 4.74 Å². The lowest BCUT2D eigenvalue weighted by molar-refractivity contribution is -0.132. The molecule has 0 bridgehead atoms. The van der Waals surface area contributed by atoms with E-state index in [1.807, 2.05) is 6.07 Å². The molecule has 1 saturated carbocycles. The molecule has 1 amide bonds. The van der Waals surface area contributed by atoms with Gasteiger partial charge in [0.05, 0.1) is 17.8 Å². The molecule has 36 heavy (non-hydrogen) atoms. The van der Waals surface area contributed by atoms with Crippen LogP contribution in [0.15, 0.2) is 36.9 Å². The summed E-state index contributed by atoms with van der Waals surface area (Å²) in [6.45, 7) is -0.816. The number of halogens is 2. The number of aliphatic hydroxyl groups is 1. The minimum Gasteiger partial charge on any atom is -0.483 e. The van der Waals surface area contributed by atoms with Crippen molar-refractivity contribution in [3.05, 3.63) is 48.3 Å². The number of carbonyl (C=O) groups is 1. The van der Waals surface area contributed by atoms with E-state index in [0.717, 1.165) is 17.7 Å². The Balaban J connectivity index is 1.29. The van der Waals surface area contributed by atoms with Gasteiger partial charge >= 0.3 is 5.92 Å². The van der Waals surface area contributed by atoms with Crippen molar-refractivity contribution >= 4 is 11.7 Å². The molecule has 2 aromatic heterocycles. The van der Waals surface area contributed by atoms with Gasteiger partial charge in [-0.05, 0) is 31.0 Å². The third kappa shape index (κ3) is 4.94. The molecule has 1 aliphatic carbocycles. The molecule has 11 nitrogen and oxygen atoms in total. The summed E-state index contributed by atoms with van der Waals surface area (Å²) >= 11 is 0. The van der Waals surface area contributed by atoms with E-state index in [9.17, 15) is 23.9 Å². The number of aromatic nitrogens is 5. The zero-order valence-electron chi connectivity index (χ0n) is 18.9. The van der Waals surface area contributed by atoms with E-state index in [-0.39, 0.29) is 36.0 Å². The van der Waals surface area contributed by atoms with E-state index in [1.165, 1.54) is 24.8 Å². The number of benzene rings is 1. The van der Waals surface area contributed by atoms with Crippen molar-refractivity contribution in [3.8, 4) is 23.1 Å². The topological polar surface area (TPSA) is 153 Å². The van der Waals surface area contributed by atoms with E-state index < -0.39 is 30.7 Å². The van der Waals surface area contributed by atoms with Crippen LogP contribution in [0.2, 0.25) is 0 Å². The molecule has 186 valence electrons. The maximum absolute atomic E-state index is 14.9. The molecule has 1 unspecified atom stereocenters. The number of alkyl halides is 2. The predicted molar refractivity (Wildman–Crippen MR) is 121 cm³/mol. The lowest BCUT2D eigenvalue weighted by atomic mass is 10.0. The van der Waals surface area contributed by atoms with Crippen LogP contribution in [0.1, 0.15) is 35.4 Å². The summed E-state index contributed by atoms with van der Waals surface area (Å²) in [6.07, 6.45) is 2.09. The van der Waals surface area contributed by atoms with Gasteiger partial charge in [-0.25, -0.2) is 18.7 Å². The van der Waals surface area contributed by atoms with Gasteiger partial charge in [-0.1, -0.05) is 0 Å². The molecule has 2 aliphatic rings. The molecule has 0 spiro atoms. The first-order valence-corrected chi connectivity index (χ1v) is 11.3. The van der Waals surface area contributed by atoms with Gasteiger partial charge < -0.3 is 25.0 Å². The number of hydrogen-bond donors (Lipinski definition) is 3. The van der Waals surface area contributed by atoms with Crippen molar-refractivity contribution < 1.29 is 23.4 Å². The number of nitriles is 1. The first kappa shape index (κ1) is 23.6. The molecule has 1 saturated heterocycles. The summed E-state index contributed by atoms with van der Waals surface area (Å²) in [4.78, 5) is 24.2. The van der Waals surface area contributed by atoms with Crippen LogP contribution in [0.4, 0.5) is 14.6 Å². The third-order valence-electron chi connectivity index (χ3n) is 6.14. The maximum Gasteiger partial charge on any atom is 0.301 e. The minimum absolute atomic E-state index is 0.0116. The quantitative estimate of drug-likeness (QED) is 0.418. The number of hydrogen-bond acceptors (Lipinski definition) is 9. The fourth-order valence-electron chi connectivity index (χ4n) is 4.01. The van der Waals surface area contributed by atoms with Crippen molar-refractivity contribution in [1.82, 2.24) is 30.0 Å². The SMILES string of the molecule is N#Cc1cc(-c2cc(NC(O)C3CC3)ncn2)ccc1O[C@H]1CCN(C(=O)c2nnc[nH]2)CC1(F)F. The number of amides is 1. The molecule has 1 aliphatic heterocycles. The molecule has 0 radical (unpaired) electrons. The summed E-state index contributed by atoms with van der Waals surface area (Å²) in [5.74, 6) is -3.49. The molecule has 3 heterocycles. The molecule has 2 fully saturated rings. The number of carbonyl (C=O) groups excluding carboxylic acids is 1. The largest absolute Gasteiger partial charge is 0.483 e. The third-order valence-corrected chi connectivity index (χ3v) is 6.14. The molecular weight excluding hydrogens is 474 g/mol. The second kappa shape index (κ2) is 9.46. The number of nitrogens with one attached hydrogen (secondary N) is 2. The fraction of sp³-hybridized carbons (Fsp3) is 0.391. The van der Waals surface area contributed by atoms with E-state index in [1.54, 1.807) is 12.1 Å². The molecule has 2 atom stereocenters. The zero-order valence-corrected chi connectivity index (χ0v) is 18.9. The lowest BCUT2D eigenvalue weighted by Gasteiger charge is -2.37. The van der Waals surface area contributed by atoms with Crippen LogP contribution in [0.3, 0.4) is 0 Å². The Morgan fingerprint density at radius 3 is 2.83 bits per heavy atom. The predicted octanol–water partition coefficient (Wildman–Crippen LogP) is 2.20. The summed E-state index contributed by atoms with van der Waals surface area (Å²) in [6, 6.07) is 8.18. The van der Waals surface area contributed by atoms with E-state index in [0.29, 0.717) is 17.1 Å². The molecule has 3 N–H and O–H groups in total. The number of likely N-dealkylation sites (tertiary alicyclic amines) is 1. The highest BCUT2D eigenvalue weighted by molar-refractivity contribution is 5.90. The highest BCUT2D eigenvalue weighted by Gasteiger charge is 2.48. The van der Waals surface area contributed by atoms with Crippen LogP contribution in [0.5, 0.6) is 5.75 Å². The number of aliphatic hydroxyl groups excluding tert-OH is 1. The normalized spacial score (nSPS) is 19.8. The fourth-order valence-corrected chi connectivity index (χ4v) is 4.01. The summed E-state index contributed by atoms with van der Waals surface area (Å²) in [5, 5.41) is 29.8. The van der Waals surface area contributed by atoms with Crippen molar-refractivity contribution in [1.29, 1.82) is 5.26 Å². The first-order chi connectivity index (χ1) is 17.3. The second-order valence-electron chi connectivity index (χ2n) is 8.76. The van der Waals surface area contributed by atoms with Crippen LogP contribution in [-0.4, -0.2) is 72.4 Å². The van der Waals surface area contributed by atoms with Gasteiger partial charge in [0.15, 0.2) is 6.10 Å². The standard InChI is InChI=1S/C23H22F2N8O3/c24-23(25)10-33(22(35)20-29-12-30-32-20)6-5-18(23)36-17-4-3-14(7-15(17)9-26)16-8-19(28-11-27-16)31-21(34)13-1-2-13/h3-4,7-8,11-13,18,21,34H,1-2,5-6,10H2,(H,27,28,31)(H,29,30,32)/t18-,21?/m0/s1. The highest BCUT2D eigenvalue weighted by atomic mass is 19.3. The Morgan fingerprint density at radius 2 is 2.14 bits per heavy atom. The van der Waals surface area contributed by atoms with Gasteiger partial charge in [0.25, 0.3) is 5.91 Å². The van der Waals surface area contributed by atoms with Crippen LogP contribution in [0, 0.1) is 17.2 Å². The molecule has 13 heteroatoms. The van der Waals surface area contributed by atoms with Crippen molar-refractivity contribution in [2.45, 2.75) is 37.5 Å². The molecule has 3 aromatic rings. The average Bonchev–Trinajstić information content (AvgIpc) is 3.59. The monoisotopic (exact) mass is 496 g/mol.